The van der Waals surface area contributed by atoms with Gasteiger partial charge in [-0.25, -0.2) is 0 Å². The average molecular weight is 400 g/mol. The first-order valence-electron chi connectivity index (χ1n) is 10.8. The van der Waals surface area contributed by atoms with Gasteiger partial charge in [0.1, 0.15) is 18.5 Å². The van der Waals surface area contributed by atoms with Crippen molar-refractivity contribution in [3.63, 3.8) is 0 Å². The molecule has 0 radical (unpaired) electrons. The Kier molecular flexibility index (Phi) is 5.58. The first-order valence-corrected chi connectivity index (χ1v) is 10.8. The summed E-state index contributed by atoms with van der Waals surface area (Å²) in [4.78, 5) is 15.2. The lowest BCUT2D eigenvalue weighted by atomic mass is 9.70. The molecule has 5 heteroatoms. The molecule has 3 atom stereocenters. The van der Waals surface area contributed by atoms with E-state index in [9.17, 15) is 9.90 Å². The van der Waals surface area contributed by atoms with Gasteiger partial charge in [-0.2, -0.15) is 0 Å². The van der Waals surface area contributed by atoms with Crippen molar-refractivity contribution in [2.45, 2.75) is 39.7 Å². The Labute approximate surface area is 173 Å². The standard InChI is InChI=1S/C24H33NO4/c1-23(2)21-8-9-24(23,3)22(27)20(21)14-17-4-6-19(7-5-17)29-16-18(26)15-25-10-12-28-13-11-25/h4-7,14,18,21,26H,8-13,15-16H2,1-3H3. The van der Waals surface area contributed by atoms with Crippen LogP contribution in [-0.4, -0.2) is 61.3 Å². The fourth-order valence-electron chi connectivity index (χ4n) is 5.26. The number of ketones is 1. The molecular weight excluding hydrogens is 366 g/mol. The topological polar surface area (TPSA) is 59.0 Å². The zero-order chi connectivity index (χ0) is 20.6. The number of carbonyl (C=O) groups excluding carboxylic acids is 1. The van der Waals surface area contributed by atoms with Crippen LogP contribution in [0.4, 0.5) is 0 Å². The number of Topliss-reactive ketones (excluding diaryl/α,β-unsaturated/α-hetero) is 1. The van der Waals surface area contributed by atoms with Gasteiger partial charge in [0.05, 0.1) is 13.2 Å². The van der Waals surface area contributed by atoms with E-state index in [0.29, 0.717) is 18.2 Å². The SMILES string of the molecule is CC12CCC(C(=Cc3ccc(OCC(O)CN4CCOCC4)cc3)C1=O)C2(C)C. The van der Waals surface area contributed by atoms with Crippen LogP contribution in [0.25, 0.3) is 6.08 Å². The Morgan fingerprint density at radius 1 is 1.24 bits per heavy atom. The smallest absolute Gasteiger partial charge is 0.165 e. The molecule has 3 fully saturated rings. The summed E-state index contributed by atoms with van der Waals surface area (Å²) in [5.74, 6) is 1.41. The van der Waals surface area contributed by atoms with Gasteiger partial charge in [0.2, 0.25) is 0 Å². The third-order valence-corrected chi connectivity index (χ3v) is 7.58. The normalized spacial score (nSPS) is 31.4. The fraction of sp³-hybridized carbons (Fsp3) is 0.625. The van der Waals surface area contributed by atoms with E-state index in [1.165, 1.54) is 0 Å². The maximum Gasteiger partial charge on any atom is 0.165 e. The molecule has 3 aliphatic rings. The molecule has 2 saturated carbocycles. The van der Waals surface area contributed by atoms with Crippen LogP contribution in [0.1, 0.15) is 39.2 Å². The average Bonchev–Trinajstić information content (AvgIpc) is 3.02. The minimum absolute atomic E-state index is 0.0373. The van der Waals surface area contributed by atoms with Crippen LogP contribution >= 0.6 is 0 Å². The Bertz CT molecular complexity index is 779. The molecule has 29 heavy (non-hydrogen) atoms. The Morgan fingerprint density at radius 2 is 1.93 bits per heavy atom. The molecular formula is C24H33NO4. The number of benzene rings is 1. The zero-order valence-corrected chi connectivity index (χ0v) is 17.8. The van der Waals surface area contributed by atoms with Crippen molar-refractivity contribution in [2.75, 3.05) is 39.5 Å². The van der Waals surface area contributed by atoms with Crippen molar-refractivity contribution >= 4 is 11.9 Å². The summed E-state index contributed by atoms with van der Waals surface area (Å²) in [7, 11) is 0. The van der Waals surface area contributed by atoms with Gasteiger partial charge in [0, 0.05) is 25.0 Å². The second-order valence-corrected chi connectivity index (χ2v) is 9.52. The van der Waals surface area contributed by atoms with Crippen LogP contribution in [0.15, 0.2) is 29.8 Å². The molecule has 2 aliphatic carbocycles. The number of ether oxygens (including phenoxy) is 2. The predicted octanol–water partition coefficient (Wildman–Crippen LogP) is 3.17. The van der Waals surface area contributed by atoms with Crippen molar-refractivity contribution < 1.29 is 19.4 Å². The minimum Gasteiger partial charge on any atom is -0.491 e. The van der Waals surface area contributed by atoms with E-state index in [4.69, 9.17) is 9.47 Å². The third kappa shape index (κ3) is 3.76. The molecule has 0 aromatic heterocycles. The molecule has 5 nitrogen and oxygen atoms in total. The summed E-state index contributed by atoms with van der Waals surface area (Å²) in [6, 6.07) is 7.81. The molecule has 1 saturated heterocycles. The molecule has 1 heterocycles. The van der Waals surface area contributed by atoms with E-state index in [-0.39, 0.29) is 17.4 Å². The van der Waals surface area contributed by atoms with Gasteiger partial charge in [0.25, 0.3) is 0 Å². The van der Waals surface area contributed by atoms with Crippen molar-refractivity contribution in [1.29, 1.82) is 0 Å². The van der Waals surface area contributed by atoms with Gasteiger partial charge in [-0.15, -0.1) is 0 Å². The van der Waals surface area contributed by atoms with Gasteiger partial charge in [-0.05, 0) is 53.5 Å². The van der Waals surface area contributed by atoms with Crippen LogP contribution in [0.2, 0.25) is 0 Å². The van der Waals surface area contributed by atoms with E-state index >= 15 is 0 Å². The number of aliphatic hydroxyl groups excluding tert-OH is 1. The lowest BCUT2D eigenvalue weighted by molar-refractivity contribution is -0.125. The quantitative estimate of drug-likeness (QED) is 0.745. The summed E-state index contributed by atoms with van der Waals surface area (Å²) < 4.78 is 11.1. The highest BCUT2D eigenvalue weighted by atomic mass is 16.5. The number of hydrogen-bond donors (Lipinski definition) is 1. The molecule has 158 valence electrons. The predicted molar refractivity (Wildman–Crippen MR) is 113 cm³/mol. The number of fused-ring (bicyclic) bond motifs is 2. The molecule has 1 aromatic rings. The maximum atomic E-state index is 13.0. The van der Waals surface area contributed by atoms with Crippen LogP contribution < -0.4 is 4.74 Å². The molecule has 1 aromatic carbocycles. The van der Waals surface area contributed by atoms with Crippen LogP contribution in [-0.2, 0) is 9.53 Å². The fourth-order valence-corrected chi connectivity index (χ4v) is 5.26. The van der Waals surface area contributed by atoms with E-state index in [1.807, 2.05) is 24.3 Å². The number of allylic oxidation sites excluding steroid dienone is 1. The number of rotatable bonds is 6. The summed E-state index contributed by atoms with van der Waals surface area (Å²) in [6.45, 7) is 10.7. The monoisotopic (exact) mass is 399 g/mol. The molecule has 0 spiro atoms. The zero-order valence-electron chi connectivity index (χ0n) is 17.8. The van der Waals surface area contributed by atoms with Crippen molar-refractivity contribution in [1.82, 2.24) is 4.90 Å². The summed E-state index contributed by atoms with van der Waals surface area (Å²) in [5, 5.41) is 10.2. The summed E-state index contributed by atoms with van der Waals surface area (Å²) in [6.07, 6.45) is 3.64. The number of morpholine rings is 1. The highest BCUT2D eigenvalue weighted by Crippen LogP contribution is 2.65. The second kappa shape index (κ2) is 7.86. The van der Waals surface area contributed by atoms with Gasteiger partial charge < -0.3 is 14.6 Å². The second-order valence-electron chi connectivity index (χ2n) is 9.52. The van der Waals surface area contributed by atoms with Crippen LogP contribution in [0.3, 0.4) is 0 Å². The highest BCUT2D eigenvalue weighted by molar-refractivity contribution is 6.07. The highest BCUT2D eigenvalue weighted by Gasteiger charge is 2.63. The van der Waals surface area contributed by atoms with Crippen LogP contribution in [0.5, 0.6) is 5.75 Å². The molecule has 3 unspecified atom stereocenters. The van der Waals surface area contributed by atoms with E-state index in [1.54, 1.807) is 0 Å². The number of β-amino-alcohol motifs (C(OH)–C–C–N with tert-alkyl or cyclic N) is 1. The van der Waals surface area contributed by atoms with E-state index < -0.39 is 6.10 Å². The first kappa shape index (κ1) is 20.6. The van der Waals surface area contributed by atoms with Gasteiger partial charge in [-0.3, -0.25) is 9.69 Å². The molecule has 0 amide bonds. The van der Waals surface area contributed by atoms with Crippen LogP contribution in [0, 0.1) is 16.7 Å². The maximum absolute atomic E-state index is 13.0. The number of carbonyl (C=O) groups is 1. The van der Waals surface area contributed by atoms with Gasteiger partial charge >= 0.3 is 0 Å². The molecule has 1 aliphatic heterocycles. The third-order valence-electron chi connectivity index (χ3n) is 7.58. The lowest BCUT2D eigenvalue weighted by Gasteiger charge is -2.31. The summed E-state index contributed by atoms with van der Waals surface area (Å²) in [5.41, 5.74) is 1.83. The van der Waals surface area contributed by atoms with Gasteiger partial charge in [0.15, 0.2) is 5.78 Å². The largest absolute Gasteiger partial charge is 0.491 e. The Morgan fingerprint density at radius 3 is 2.55 bits per heavy atom. The van der Waals surface area contributed by atoms with E-state index in [0.717, 1.165) is 56.0 Å². The van der Waals surface area contributed by atoms with Crippen molar-refractivity contribution in [2.24, 2.45) is 16.7 Å². The molecule has 2 bridgehead atoms. The van der Waals surface area contributed by atoms with Gasteiger partial charge in [-0.1, -0.05) is 32.9 Å². The molecule has 4 rings (SSSR count). The number of nitrogens with zero attached hydrogens (tertiary/aromatic N) is 1. The van der Waals surface area contributed by atoms with E-state index in [2.05, 4.69) is 31.7 Å². The van der Waals surface area contributed by atoms with Crippen molar-refractivity contribution in [3.05, 3.63) is 35.4 Å². The summed E-state index contributed by atoms with van der Waals surface area (Å²) >= 11 is 0. The Balaban J connectivity index is 1.35. The lowest BCUT2D eigenvalue weighted by Crippen LogP contribution is -2.42. The first-order chi connectivity index (χ1) is 13.8. The molecule has 1 N–H and O–H groups in total. The van der Waals surface area contributed by atoms with Crippen molar-refractivity contribution in [3.8, 4) is 5.75 Å². The number of hydrogen-bond acceptors (Lipinski definition) is 5. The number of aliphatic hydroxyl groups is 1. The minimum atomic E-state index is -0.524. The Hall–Kier alpha value is -1.69.